The molecule has 1 heterocycles. The molecule has 1 unspecified atom stereocenters. The van der Waals surface area contributed by atoms with Gasteiger partial charge in [-0.3, -0.25) is 19.3 Å². The number of likely N-dealkylation sites (tertiary alicyclic amines) is 1. The summed E-state index contributed by atoms with van der Waals surface area (Å²) in [5, 5.41) is 11.6. The first-order chi connectivity index (χ1) is 9.97. The number of nitrogens with one attached hydrogen (secondary N) is 1. The Morgan fingerprint density at radius 2 is 2.05 bits per heavy atom. The normalized spacial score (nSPS) is 18.4. The molecule has 1 saturated heterocycles. The Bertz CT molecular complexity index is 571. The maximum absolute atomic E-state index is 12.0. The van der Waals surface area contributed by atoms with Crippen molar-refractivity contribution in [1.29, 1.82) is 0 Å². The SMILES string of the molecule is CC(=O)c1ccccc1NC(=O)CN1CCC(C(=O)O)C1. The van der Waals surface area contributed by atoms with Gasteiger partial charge in [0, 0.05) is 12.1 Å². The van der Waals surface area contributed by atoms with Crippen LogP contribution in [-0.2, 0) is 9.59 Å². The summed E-state index contributed by atoms with van der Waals surface area (Å²) in [4.78, 5) is 36.2. The van der Waals surface area contributed by atoms with Crippen molar-refractivity contribution in [2.75, 3.05) is 25.0 Å². The molecule has 0 aliphatic carbocycles. The number of nitrogens with zero attached hydrogens (tertiary/aromatic N) is 1. The predicted molar refractivity (Wildman–Crippen MR) is 77.3 cm³/mol. The summed E-state index contributed by atoms with van der Waals surface area (Å²) in [7, 11) is 0. The number of ketones is 1. The molecule has 0 saturated carbocycles. The maximum atomic E-state index is 12.0. The van der Waals surface area contributed by atoms with Gasteiger partial charge in [-0.15, -0.1) is 0 Å². The van der Waals surface area contributed by atoms with E-state index in [0.29, 0.717) is 30.8 Å². The number of aliphatic carboxylic acids is 1. The van der Waals surface area contributed by atoms with Gasteiger partial charge in [-0.1, -0.05) is 12.1 Å². The first-order valence-corrected chi connectivity index (χ1v) is 6.82. The second-order valence-corrected chi connectivity index (χ2v) is 5.21. The number of carboxylic acid groups (broad SMARTS) is 1. The van der Waals surface area contributed by atoms with Gasteiger partial charge in [0.2, 0.25) is 5.91 Å². The minimum Gasteiger partial charge on any atom is -0.481 e. The summed E-state index contributed by atoms with van der Waals surface area (Å²) in [6.07, 6.45) is 0.562. The standard InChI is InChI=1S/C15H18N2O4/c1-10(18)12-4-2-3-5-13(12)16-14(19)9-17-7-6-11(8-17)15(20)21/h2-5,11H,6-9H2,1H3,(H,16,19)(H,20,21). The van der Waals surface area contributed by atoms with Crippen LogP contribution in [0.3, 0.4) is 0 Å². The van der Waals surface area contributed by atoms with Crippen LogP contribution in [0, 0.1) is 5.92 Å². The molecule has 0 bridgehead atoms. The van der Waals surface area contributed by atoms with E-state index in [0.717, 1.165) is 0 Å². The fraction of sp³-hybridized carbons (Fsp3) is 0.400. The number of hydrogen-bond acceptors (Lipinski definition) is 4. The number of hydrogen-bond donors (Lipinski definition) is 2. The van der Waals surface area contributed by atoms with Crippen molar-refractivity contribution < 1.29 is 19.5 Å². The second-order valence-electron chi connectivity index (χ2n) is 5.21. The van der Waals surface area contributed by atoms with E-state index in [1.165, 1.54) is 6.92 Å². The average Bonchev–Trinajstić information content (AvgIpc) is 2.87. The fourth-order valence-electron chi connectivity index (χ4n) is 2.47. The van der Waals surface area contributed by atoms with Crippen molar-refractivity contribution in [2.24, 2.45) is 5.92 Å². The third-order valence-corrected chi connectivity index (χ3v) is 3.57. The highest BCUT2D eigenvalue weighted by Gasteiger charge is 2.28. The number of carbonyl (C=O) groups is 3. The van der Waals surface area contributed by atoms with Gasteiger partial charge >= 0.3 is 5.97 Å². The summed E-state index contributed by atoms with van der Waals surface area (Å²) < 4.78 is 0. The summed E-state index contributed by atoms with van der Waals surface area (Å²) >= 11 is 0. The van der Waals surface area contributed by atoms with E-state index in [4.69, 9.17) is 5.11 Å². The predicted octanol–water partition coefficient (Wildman–Crippen LogP) is 1.23. The molecule has 6 heteroatoms. The molecule has 21 heavy (non-hydrogen) atoms. The van der Waals surface area contributed by atoms with E-state index in [-0.39, 0.29) is 18.2 Å². The van der Waals surface area contributed by atoms with Crippen molar-refractivity contribution in [2.45, 2.75) is 13.3 Å². The van der Waals surface area contributed by atoms with Crippen molar-refractivity contribution >= 4 is 23.3 Å². The number of benzene rings is 1. The number of carbonyl (C=O) groups excluding carboxylic acids is 2. The number of Topliss-reactive ketones (excluding diaryl/α,β-unsaturated/α-hetero) is 1. The highest BCUT2D eigenvalue weighted by Crippen LogP contribution is 2.18. The van der Waals surface area contributed by atoms with Gasteiger partial charge in [-0.25, -0.2) is 0 Å². The lowest BCUT2D eigenvalue weighted by atomic mass is 10.1. The average molecular weight is 290 g/mol. The van der Waals surface area contributed by atoms with Crippen LogP contribution in [-0.4, -0.2) is 47.3 Å². The maximum Gasteiger partial charge on any atom is 0.307 e. The van der Waals surface area contributed by atoms with Crippen molar-refractivity contribution in [3.05, 3.63) is 29.8 Å². The van der Waals surface area contributed by atoms with E-state index in [1.807, 2.05) is 4.90 Å². The van der Waals surface area contributed by atoms with E-state index in [1.54, 1.807) is 24.3 Å². The number of para-hydroxylation sites is 1. The molecule has 0 spiro atoms. The van der Waals surface area contributed by atoms with Gasteiger partial charge in [0.05, 0.1) is 18.2 Å². The summed E-state index contributed by atoms with van der Waals surface area (Å²) in [5.74, 6) is -1.57. The number of carboxylic acids is 1. The Morgan fingerprint density at radius 1 is 1.33 bits per heavy atom. The molecule has 1 aliphatic rings. The quantitative estimate of drug-likeness (QED) is 0.797. The van der Waals surface area contributed by atoms with Gasteiger partial charge in [0.1, 0.15) is 0 Å². The smallest absolute Gasteiger partial charge is 0.307 e. The van der Waals surface area contributed by atoms with Crippen LogP contribution in [0.4, 0.5) is 5.69 Å². The minimum absolute atomic E-state index is 0.113. The Labute approximate surface area is 122 Å². The molecule has 0 radical (unpaired) electrons. The fourth-order valence-corrected chi connectivity index (χ4v) is 2.47. The van der Waals surface area contributed by atoms with E-state index >= 15 is 0 Å². The molecular weight excluding hydrogens is 272 g/mol. The number of rotatable bonds is 5. The Kier molecular flexibility index (Phi) is 4.70. The van der Waals surface area contributed by atoms with Crippen LogP contribution in [0.2, 0.25) is 0 Å². The Morgan fingerprint density at radius 3 is 2.67 bits per heavy atom. The zero-order chi connectivity index (χ0) is 15.4. The van der Waals surface area contributed by atoms with Gasteiger partial charge in [0.25, 0.3) is 0 Å². The van der Waals surface area contributed by atoms with Crippen LogP contribution in [0.5, 0.6) is 0 Å². The highest BCUT2D eigenvalue weighted by molar-refractivity contribution is 6.04. The van der Waals surface area contributed by atoms with Crippen LogP contribution in [0.1, 0.15) is 23.7 Å². The van der Waals surface area contributed by atoms with Gasteiger partial charge in [0.15, 0.2) is 5.78 Å². The molecule has 0 aromatic heterocycles. The molecule has 1 atom stereocenters. The summed E-state index contributed by atoms with van der Waals surface area (Å²) in [5.41, 5.74) is 0.958. The Balaban J connectivity index is 1.94. The number of amides is 1. The van der Waals surface area contributed by atoms with Crippen LogP contribution >= 0.6 is 0 Å². The summed E-state index contributed by atoms with van der Waals surface area (Å²) in [6, 6.07) is 6.83. The van der Waals surface area contributed by atoms with Crippen LogP contribution < -0.4 is 5.32 Å². The van der Waals surface area contributed by atoms with E-state index in [9.17, 15) is 14.4 Å². The molecular formula is C15H18N2O4. The molecule has 1 aliphatic heterocycles. The molecule has 1 aromatic carbocycles. The molecule has 2 rings (SSSR count). The van der Waals surface area contributed by atoms with Crippen molar-refractivity contribution in [3.63, 3.8) is 0 Å². The van der Waals surface area contributed by atoms with Gasteiger partial charge in [-0.05, 0) is 32.0 Å². The zero-order valence-electron chi connectivity index (χ0n) is 11.8. The number of anilines is 1. The third kappa shape index (κ3) is 3.88. The molecule has 2 N–H and O–H groups in total. The van der Waals surface area contributed by atoms with Crippen LogP contribution in [0.25, 0.3) is 0 Å². The lowest BCUT2D eigenvalue weighted by molar-refractivity contribution is -0.141. The van der Waals surface area contributed by atoms with Crippen molar-refractivity contribution in [3.8, 4) is 0 Å². The van der Waals surface area contributed by atoms with Gasteiger partial charge < -0.3 is 10.4 Å². The van der Waals surface area contributed by atoms with E-state index < -0.39 is 11.9 Å². The molecule has 1 aromatic rings. The first kappa shape index (κ1) is 15.2. The van der Waals surface area contributed by atoms with Gasteiger partial charge in [-0.2, -0.15) is 0 Å². The largest absolute Gasteiger partial charge is 0.481 e. The lowest BCUT2D eigenvalue weighted by Crippen LogP contribution is -2.32. The molecule has 6 nitrogen and oxygen atoms in total. The summed E-state index contributed by atoms with van der Waals surface area (Å²) in [6.45, 7) is 2.56. The Hall–Kier alpha value is -2.21. The third-order valence-electron chi connectivity index (χ3n) is 3.57. The molecule has 112 valence electrons. The monoisotopic (exact) mass is 290 g/mol. The first-order valence-electron chi connectivity index (χ1n) is 6.82. The molecule has 1 amide bonds. The van der Waals surface area contributed by atoms with Crippen molar-refractivity contribution in [1.82, 2.24) is 4.90 Å². The zero-order valence-corrected chi connectivity index (χ0v) is 11.8. The van der Waals surface area contributed by atoms with Crippen LogP contribution in [0.15, 0.2) is 24.3 Å². The molecule has 1 fully saturated rings. The lowest BCUT2D eigenvalue weighted by Gasteiger charge is -2.15. The minimum atomic E-state index is -0.820. The second kappa shape index (κ2) is 6.49. The van der Waals surface area contributed by atoms with E-state index in [2.05, 4.69) is 5.32 Å². The topological polar surface area (TPSA) is 86.7 Å². The highest BCUT2D eigenvalue weighted by atomic mass is 16.4.